The number of anilines is 1. The molecule has 2 saturated heterocycles. The van der Waals surface area contributed by atoms with Gasteiger partial charge in [-0.05, 0) is 24.3 Å². The van der Waals surface area contributed by atoms with Gasteiger partial charge in [-0.15, -0.1) is 0 Å². The predicted molar refractivity (Wildman–Crippen MR) is 101 cm³/mol. The van der Waals surface area contributed by atoms with Crippen LogP contribution in [0.4, 0.5) is 5.69 Å². The predicted octanol–water partition coefficient (Wildman–Crippen LogP) is 0.369. The molecule has 0 spiro atoms. The summed E-state index contributed by atoms with van der Waals surface area (Å²) in [5.74, 6) is 0.185. The van der Waals surface area contributed by atoms with Gasteiger partial charge in [0.2, 0.25) is 5.91 Å². The van der Waals surface area contributed by atoms with Gasteiger partial charge in [-0.2, -0.15) is 0 Å². The van der Waals surface area contributed by atoms with E-state index in [-0.39, 0.29) is 11.8 Å². The lowest BCUT2D eigenvalue weighted by Crippen LogP contribution is -2.53. The quantitative estimate of drug-likeness (QED) is 0.777. The van der Waals surface area contributed by atoms with Gasteiger partial charge in [0.1, 0.15) is 0 Å². The number of benzene rings is 1. The highest BCUT2D eigenvalue weighted by atomic mass is 16.5. The van der Waals surface area contributed by atoms with Crippen LogP contribution in [0.3, 0.4) is 0 Å². The van der Waals surface area contributed by atoms with E-state index in [2.05, 4.69) is 4.90 Å². The number of hydrogen-bond donors (Lipinski definition) is 0. The number of nitrogens with zero attached hydrogens (tertiary/aromatic N) is 4. The van der Waals surface area contributed by atoms with Crippen molar-refractivity contribution in [2.45, 2.75) is 0 Å². The molecule has 7 heteroatoms. The summed E-state index contributed by atoms with van der Waals surface area (Å²) in [6, 6.07) is 7.64. The zero-order valence-electron chi connectivity index (χ0n) is 15.7. The summed E-state index contributed by atoms with van der Waals surface area (Å²) >= 11 is 0. The second-order valence-electron chi connectivity index (χ2n) is 7.00. The Balaban J connectivity index is 1.49. The van der Waals surface area contributed by atoms with Crippen molar-refractivity contribution in [2.75, 3.05) is 78.0 Å². The molecule has 0 atom stereocenters. The van der Waals surface area contributed by atoms with Crippen molar-refractivity contribution in [2.24, 2.45) is 0 Å². The molecule has 0 saturated carbocycles. The Labute approximate surface area is 155 Å². The summed E-state index contributed by atoms with van der Waals surface area (Å²) in [4.78, 5) is 33.0. The summed E-state index contributed by atoms with van der Waals surface area (Å²) in [7, 11) is 3.95. The summed E-state index contributed by atoms with van der Waals surface area (Å²) in [5, 5.41) is 0. The lowest BCUT2D eigenvalue weighted by atomic mass is 10.1. The first-order valence-electron chi connectivity index (χ1n) is 9.19. The molecule has 2 amide bonds. The van der Waals surface area contributed by atoms with Crippen molar-refractivity contribution in [3.05, 3.63) is 29.8 Å². The maximum atomic E-state index is 12.7. The average Bonchev–Trinajstić information content (AvgIpc) is 2.68. The van der Waals surface area contributed by atoms with E-state index >= 15 is 0 Å². The van der Waals surface area contributed by atoms with Crippen LogP contribution < -0.4 is 4.90 Å². The van der Waals surface area contributed by atoms with Crippen LogP contribution >= 0.6 is 0 Å². The number of ether oxygens (including phenoxy) is 1. The average molecular weight is 360 g/mol. The fraction of sp³-hybridized carbons (Fsp3) is 0.579. The van der Waals surface area contributed by atoms with Crippen molar-refractivity contribution in [1.82, 2.24) is 14.7 Å². The van der Waals surface area contributed by atoms with Gasteiger partial charge >= 0.3 is 0 Å². The van der Waals surface area contributed by atoms with Crippen LogP contribution in [0.1, 0.15) is 10.4 Å². The summed E-state index contributed by atoms with van der Waals surface area (Å²) in [6.45, 7) is 5.84. The summed E-state index contributed by atoms with van der Waals surface area (Å²) in [6.07, 6.45) is 0. The summed E-state index contributed by atoms with van der Waals surface area (Å²) < 4.78 is 5.32. The number of rotatable bonds is 4. The first-order valence-corrected chi connectivity index (χ1v) is 9.19. The Hall–Kier alpha value is -2.12. The molecule has 0 radical (unpaired) electrons. The van der Waals surface area contributed by atoms with Crippen LogP contribution in [0, 0.1) is 0 Å². The van der Waals surface area contributed by atoms with E-state index in [0.29, 0.717) is 51.5 Å². The monoisotopic (exact) mass is 360 g/mol. The number of amides is 2. The van der Waals surface area contributed by atoms with Gasteiger partial charge in [0, 0.05) is 64.6 Å². The molecule has 7 nitrogen and oxygen atoms in total. The number of hydrogen-bond acceptors (Lipinski definition) is 5. The fourth-order valence-electron chi connectivity index (χ4n) is 3.29. The van der Waals surface area contributed by atoms with E-state index in [0.717, 1.165) is 18.8 Å². The van der Waals surface area contributed by atoms with E-state index < -0.39 is 0 Å². The first kappa shape index (κ1) is 18.7. The highest BCUT2D eigenvalue weighted by molar-refractivity contribution is 5.94. The molecule has 3 rings (SSSR count). The fourth-order valence-corrected chi connectivity index (χ4v) is 3.29. The minimum atomic E-state index is 0.0376. The van der Waals surface area contributed by atoms with Gasteiger partial charge in [-0.1, -0.05) is 0 Å². The van der Waals surface area contributed by atoms with Crippen molar-refractivity contribution in [1.29, 1.82) is 0 Å². The van der Waals surface area contributed by atoms with Crippen LogP contribution in [0.2, 0.25) is 0 Å². The van der Waals surface area contributed by atoms with E-state index in [4.69, 9.17) is 4.74 Å². The van der Waals surface area contributed by atoms with E-state index in [1.807, 2.05) is 53.1 Å². The molecule has 1 aromatic carbocycles. The molecule has 0 aromatic heterocycles. The van der Waals surface area contributed by atoms with Gasteiger partial charge < -0.3 is 19.4 Å². The van der Waals surface area contributed by atoms with Crippen molar-refractivity contribution >= 4 is 17.5 Å². The van der Waals surface area contributed by atoms with E-state index in [1.54, 1.807) is 0 Å². The lowest BCUT2D eigenvalue weighted by Gasteiger charge is -2.36. The molecule has 142 valence electrons. The zero-order valence-corrected chi connectivity index (χ0v) is 15.7. The number of piperazine rings is 1. The first-order chi connectivity index (χ1) is 12.5. The van der Waals surface area contributed by atoms with Crippen molar-refractivity contribution < 1.29 is 14.3 Å². The molecular formula is C19H28N4O3. The smallest absolute Gasteiger partial charge is 0.253 e. The number of carbonyl (C=O) groups excluding carboxylic acids is 2. The van der Waals surface area contributed by atoms with Gasteiger partial charge in [-0.3, -0.25) is 14.5 Å². The molecule has 2 fully saturated rings. The molecule has 26 heavy (non-hydrogen) atoms. The van der Waals surface area contributed by atoms with E-state index in [9.17, 15) is 9.59 Å². The van der Waals surface area contributed by atoms with Crippen molar-refractivity contribution in [3.8, 4) is 0 Å². The molecule has 0 N–H and O–H groups in total. The second kappa shape index (κ2) is 8.51. The Bertz CT molecular complexity index is 618. The Morgan fingerprint density at radius 3 is 2.08 bits per heavy atom. The van der Waals surface area contributed by atoms with Gasteiger partial charge in [0.15, 0.2) is 0 Å². The highest BCUT2D eigenvalue weighted by Gasteiger charge is 2.26. The molecular weight excluding hydrogens is 332 g/mol. The topological polar surface area (TPSA) is 56.3 Å². The standard InChI is InChI=1S/C19H28N4O3/c1-20(2)17-5-3-16(4-6-17)19(25)23-9-7-22(8-10-23)18(24)15-21-11-13-26-14-12-21/h3-6H,7-15H2,1-2H3. The minimum Gasteiger partial charge on any atom is -0.379 e. The maximum Gasteiger partial charge on any atom is 0.253 e. The molecule has 0 aliphatic carbocycles. The molecule has 2 aliphatic heterocycles. The second-order valence-corrected chi connectivity index (χ2v) is 7.00. The zero-order chi connectivity index (χ0) is 18.5. The molecule has 0 unspecified atom stereocenters. The van der Waals surface area contributed by atoms with E-state index in [1.165, 1.54) is 0 Å². The largest absolute Gasteiger partial charge is 0.379 e. The van der Waals surface area contributed by atoms with Gasteiger partial charge in [0.05, 0.1) is 19.8 Å². The van der Waals surface area contributed by atoms with Crippen LogP contribution in [0.15, 0.2) is 24.3 Å². The molecule has 1 aromatic rings. The van der Waals surface area contributed by atoms with Gasteiger partial charge in [0.25, 0.3) is 5.91 Å². The third-order valence-corrected chi connectivity index (χ3v) is 5.01. The lowest BCUT2D eigenvalue weighted by molar-refractivity contribution is -0.134. The SMILES string of the molecule is CN(C)c1ccc(C(=O)N2CCN(C(=O)CN3CCOCC3)CC2)cc1. The van der Waals surface area contributed by atoms with Crippen LogP contribution in [-0.4, -0.2) is 99.6 Å². The highest BCUT2D eigenvalue weighted by Crippen LogP contribution is 2.15. The van der Waals surface area contributed by atoms with Crippen LogP contribution in [0.25, 0.3) is 0 Å². The third-order valence-electron chi connectivity index (χ3n) is 5.01. The number of carbonyl (C=O) groups is 2. The third kappa shape index (κ3) is 4.53. The Morgan fingerprint density at radius 2 is 1.50 bits per heavy atom. The summed E-state index contributed by atoms with van der Waals surface area (Å²) in [5.41, 5.74) is 1.77. The minimum absolute atomic E-state index is 0.0376. The molecule has 0 bridgehead atoms. The van der Waals surface area contributed by atoms with Crippen molar-refractivity contribution in [3.63, 3.8) is 0 Å². The maximum absolute atomic E-state index is 12.7. The Morgan fingerprint density at radius 1 is 0.923 bits per heavy atom. The molecule has 2 aliphatic rings. The molecule has 2 heterocycles. The Kier molecular flexibility index (Phi) is 6.11. The normalized spacial score (nSPS) is 18.7. The van der Waals surface area contributed by atoms with Gasteiger partial charge in [-0.25, -0.2) is 0 Å². The van der Waals surface area contributed by atoms with Crippen LogP contribution in [-0.2, 0) is 9.53 Å². The number of morpholine rings is 1. The van der Waals surface area contributed by atoms with Crippen LogP contribution in [0.5, 0.6) is 0 Å².